The first-order valence-corrected chi connectivity index (χ1v) is 13.1. The molecule has 8 nitrogen and oxygen atoms in total. The Morgan fingerprint density at radius 1 is 1.00 bits per heavy atom. The van der Waals surface area contributed by atoms with Gasteiger partial charge in [0, 0.05) is 28.7 Å². The highest BCUT2D eigenvalue weighted by Crippen LogP contribution is 2.18. The Bertz CT molecular complexity index is 1150. The molecule has 1 atom stereocenters. The fraction of sp³-hybridized carbons (Fsp3) is 0.375. The van der Waals surface area contributed by atoms with Gasteiger partial charge in [-0.25, -0.2) is 13.2 Å². The van der Waals surface area contributed by atoms with E-state index in [1.165, 1.54) is 28.6 Å². The average molecular weight is 553 g/mol. The number of carbonyl (C=O) groups is 3. The van der Waals surface area contributed by atoms with Crippen molar-refractivity contribution in [2.45, 2.75) is 38.6 Å². The largest absolute Gasteiger partial charge is 0.456 e. The smallest absolute Gasteiger partial charge is 0.329 e. The lowest BCUT2D eigenvalue weighted by atomic mass is 10.0. The fourth-order valence-electron chi connectivity index (χ4n) is 3.20. The molecule has 1 amide bonds. The number of Topliss-reactive ketones (excluding diaryl/α,β-unsaturated/α-hetero) is 1. The first kappa shape index (κ1) is 27.7. The van der Waals surface area contributed by atoms with Gasteiger partial charge in [0.2, 0.25) is 10.0 Å². The van der Waals surface area contributed by atoms with Gasteiger partial charge in [-0.15, -0.1) is 0 Å². The fourth-order valence-corrected chi connectivity index (χ4v) is 5.11. The summed E-state index contributed by atoms with van der Waals surface area (Å²) in [6.07, 6.45) is 0. The Labute approximate surface area is 208 Å². The maximum Gasteiger partial charge on any atom is 0.329 e. The van der Waals surface area contributed by atoms with Crippen LogP contribution in [-0.4, -0.2) is 56.1 Å². The molecule has 0 aliphatic heterocycles. The van der Waals surface area contributed by atoms with E-state index in [1.807, 2.05) is 0 Å². The summed E-state index contributed by atoms with van der Waals surface area (Å²) in [4.78, 5) is 37.8. The zero-order valence-electron chi connectivity index (χ0n) is 19.6. The second kappa shape index (κ2) is 12.2. The van der Waals surface area contributed by atoms with E-state index in [1.54, 1.807) is 52.0 Å². The van der Waals surface area contributed by atoms with Crippen LogP contribution in [0.25, 0.3) is 0 Å². The number of nitrogens with one attached hydrogen (secondary N) is 1. The summed E-state index contributed by atoms with van der Waals surface area (Å²) in [6.45, 7) is 7.05. The zero-order chi connectivity index (χ0) is 25.5. The molecule has 184 valence electrons. The predicted molar refractivity (Wildman–Crippen MR) is 132 cm³/mol. The molecule has 0 spiro atoms. The van der Waals surface area contributed by atoms with Crippen LogP contribution in [0.2, 0.25) is 0 Å². The van der Waals surface area contributed by atoms with Crippen molar-refractivity contribution in [3.8, 4) is 0 Å². The number of carbonyl (C=O) groups excluding carboxylic acids is 3. The number of halogens is 1. The summed E-state index contributed by atoms with van der Waals surface area (Å²) in [5.74, 6) is -2.08. The highest BCUT2D eigenvalue weighted by atomic mass is 79.9. The zero-order valence-corrected chi connectivity index (χ0v) is 22.0. The number of ether oxygens (including phenoxy) is 1. The number of ketones is 1. The topological polar surface area (TPSA) is 110 Å². The number of sulfonamides is 1. The van der Waals surface area contributed by atoms with Gasteiger partial charge in [-0.05, 0) is 36.2 Å². The van der Waals surface area contributed by atoms with Crippen molar-refractivity contribution in [1.29, 1.82) is 0 Å². The van der Waals surface area contributed by atoms with Gasteiger partial charge in [-0.3, -0.25) is 9.59 Å². The van der Waals surface area contributed by atoms with Crippen molar-refractivity contribution in [2.24, 2.45) is 5.92 Å². The molecule has 0 bridgehead atoms. The van der Waals surface area contributed by atoms with Crippen LogP contribution >= 0.6 is 15.9 Å². The molecule has 0 heterocycles. The van der Waals surface area contributed by atoms with Crippen LogP contribution in [0.15, 0.2) is 57.9 Å². The van der Waals surface area contributed by atoms with E-state index in [-0.39, 0.29) is 22.2 Å². The minimum atomic E-state index is -3.75. The summed E-state index contributed by atoms with van der Waals surface area (Å²) < 4.78 is 32.8. The number of esters is 1. The van der Waals surface area contributed by atoms with E-state index in [2.05, 4.69) is 21.2 Å². The number of hydrogen-bond acceptors (Lipinski definition) is 6. The molecule has 0 aromatic heterocycles. The lowest BCUT2D eigenvalue weighted by Crippen LogP contribution is -2.45. The molecule has 0 saturated heterocycles. The molecule has 0 aliphatic carbocycles. The standard InChI is InChI=1S/C24H29BrN2O6S/c1-5-27(6-2)34(31,32)20-12-8-10-18(14-20)23(29)26-22(16(3)4)24(30)33-15-21(28)17-9-7-11-19(25)13-17/h7-14,16,22H,5-6,15H2,1-4H3,(H,26,29). The van der Waals surface area contributed by atoms with Crippen LogP contribution in [0.4, 0.5) is 0 Å². The van der Waals surface area contributed by atoms with Gasteiger partial charge >= 0.3 is 5.97 Å². The first-order valence-electron chi connectivity index (χ1n) is 10.9. The van der Waals surface area contributed by atoms with Crippen molar-refractivity contribution in [3.05, 3.63) is 64.1 Å². The van der Waals surface area contributed by atoms with Gasteiger partial charge in [0.1, 0.15) is 6.04 Å². The molecular weight excluding hydrogens is 524 g/mol. The monoisotopic (exact) mass is 552 g/mol. The van der Waals surface area contributed by atoms with Gasteiger partial charge in [-0.2, -0.15) is 4.31 Å². The van der Waals surface area contributed by atoms with Crippen LogP contribution < -0.4 is 5.32 Å². The van der Waals surface area contributed by atoms with Crippen molar-refractivity contribution < 1.29 is 27.5 Å². The van der Waals surface area contributed by atoms with E-state index in [0.29, 0.717) is 18.7 Å². The Morgan fingerprint density at radius 2 is 1.62 bits per heavy atom. The third-order valence-corrected chi connectivity index (χ3v) is 7.68. The molecular formula is C24H29BrN2O6S. The third kappa shape index (κ3) is 6.97. The van der Waals surface area contributed by atoms with Gasteiger partial charge < -0.3 is 10.1 Å². The maximum atomic E-state index is 12.8. The first-order chi connectivity index (χ1) is 16.0. The molecule has 0 fully saturated rings. The van der Waals surface area contributed by atoms with Crippen LogP contribution in [0.1, 0.15) is 48.4 Å². The van der Waals surface area contributed by atoms with Gasteiger partial charge in [0.05, 0.1) is 4.90 Å². The number of nitrogens with zero attached hydrogens (tertiary/aromatic N) is 1. The summed E-state index contributed by atoms with van der Waals surface area (Å²) in [5, 5.41) is 2.60. The van der Waals surface area contributed by atoms with E-state index in [9.17, 15) is 22.8 Å². The lowest BCUT2D eigenvalue weighted by molar-refractivity contribution is -0.145. The van der Waals surface area contributed by atoms with Crippen molar-refractivity contribution in [3.63, 3.8) is 0 Å². The van der Waals surface area contributed by atoms with Crippen molar-refractivity contribution in [2.75, 3.05) is 19.7 Å². The third-order valence-electron chi connectivity index (χ3n) is 5.14. The molecule has 0 radical (unpaired) electrons. The molecule has 0 aliphatic rings. The summed E-state index contributed by atoms with van der Waals surface area (Å²) in [5.41, 5.74) is 0.482. The average Bonchev–Trinajstić information content (AvgIpc) is 2.81. The SMILES string of the molecule is CCN(CC)S(=O)(=O)c1cccc(C(=O)NC(C(=O)OCC(=O)c2cccc(Br)c2)C(C)C)c1. The second-order valence-electron chi connectivity index (χ2n) is 7.85. The highest BCUT2D eigenvalue weighted by Gasteiger charge is 2.28. The maximum absolute atomic E-state index is 12.8. The highest BCUT2D eigenvalue weighted by molar-refractivity contribution is 9.10. The van der Waals surface area contributed by atoms with E-state index >= 15 is 0 Å². The summed E-state index contributed by atoms with van der Waals surface area (Å²) in [6, 6.07) is 11.3. The van der Waals surface area contributed by atoms with Crippen LogP contribution in [0.5, 0.6) is 0 Å². The lowest BCUT2D eigenvalue weighted by Gasteiger charge is -2.21. The van der Waals surface area contributed by atoms with Gasteiger partial charge in [0.15, 0.2) is 12.4 Å². The van der Waals surface area contributed by atoms with E-state index in [4.69, 9.17) is 4.74 Å². The van der Waals surface area contributed by atoms with Gasteiger partial charge in [-0.1, -0.05) is 61.8 Å². The molecule has 1 N–H and O–H groups in total. The molecule has 2 rings (SSSR count). The van der Waals surface area contributed by atoms with Gasteiger partial charge in [0.25, 0.3) is 5.91 Å². The van der Waals surface area contributed by atoms with E-state index < -0.39 is 34.5 Å². The number of rotatable bonds is 11. The number of amides is 1. The second-order valence-corrected chi connectivity index (χ2v) is 10.7. The van der Waals surface area contributed by atoms with E-state index in [0.717, 1.165) is 4.47 Å². The molecule has 2 aromatic carbocycles. The Kier molecular flexibility index (Phi) is 9.96. The Morgan fingerprint density at radius 3 is 2.21 bits per heavy atom. The number of hydrogen-bond donors (Lipinski definition) is 1. The van der Waals surface area contributed by atoms with Crippen LogP contribution in [-0.2, 0) is 19.6 Å². The molecule has 0 saturated carbocycles. The normalized spacial score (nSPS) is 12.4. The summed E-state index contributed by atoms with van der Waals surface area (Å²) >= 11 is 3.29. The summed E-state index contributed by atoms with van der Waals surface area (Å²) in [7, 11) is -3.75. The molecule has 1 unspecified atom stereocenters. The van der Waals surface area contributed by atoms with Crippen molar-refractivity contribution in [1.82, 2.24) is 9.62 Å². The molecule has 10 heteroatoms. The van der Waals surface area contributed by atoms with Crippen molar-refractivity contribution >= 4 is 43.6 Å². The van der Waals surface area contributed by atoms with Crippen LogP contribution in [0, 0.1) is 5.92 Å². The van der Waals surface area contributed by atoms with Crippen LogP contribution in [0.3, 0.4) is 0 Å². The minimum absolute atomic E-state index is 0.00728. The quantitative estimate of drug-likeness (QED) is 0.336. The molecule has 34 heavy (non-hydrogen) atoms. The predicted octanol–water partition coefficient (Wildman–Crippen LogP) is 3.66. The number of benzene rings is 2. The minimum Gasteiger partial charge on any atom is -0.456 e. The molecule has 2 aromatic rings. The Balaban J connectivity index is 2.13. The Hall–Kier alpha value is -2.56.